The van der Waals surface area contributed by atoms with E-state index in [1.165, 1.54) is 0 Å². The van der Waals surface area contributed by atoms with Crippen molar-refractivity contribution in [2.75, 3.05) is 0 Å². The molecule has 18 heavy (non-hydrogen) atoms. The maximum Gasteiger partial charge on any atom is 0.209 e. The van der Waals surface area contributed by atoms with Crippen LogP contribution in [-0.2, 0) is 6.54 Å². The van der Waals surface area contributed by atoms with E-state index in [1.54, 1.807) is 0 Å². The van der Waals surface area contributed by atoms with Gasteiger partial charge >= 0.3 is 0 Å². The van der Waals surface area contributed by atoms with E-state index in [0.29, 0.717) is 17.7 Å². The number of hydrogen-bond donors (Lipinski definition) is 1. The number of aromatic nitrogens is 1. The molecular weight excluding hydrogens is 226 g/mol. The highest BCUT2D eigenvalue weighted by molar-refractivity contribution is 6.08. The van der Waals surface area contributed by atoms with Crippen LogP contribution in [0, 0.1) is 6.92 Å². The molecule has 1 unspecified atom stereocenters. The first kappa shape index (κ1) is 11.2. The number of aryl methyl sites for hydroxylation is 1. The number of benzene rings is 1. The molecule has 0 aliphatic carbocycles. The summed E-state index contributed by atoms with van der Waals surface area (Å²) in [5.74, 6) is 0.0269. The maximum atomic E-state index is 12.4. The van der Waals surface area contributed by atoms with Crippen molar-refractivity contribution in [1.29, 1.82) is 0 Å². The Balaban J connectivity index is 2.01. The van der Waals surface area contributed by atoms with E-state index in [4.69, 9.17) is 0 Å². The van der Waals surface area contributed by atoms with E-state index in [9.17, 15) is 9.90 Å². The highest BCUT2D eigenvalue weighted by Gasteiger charge is 2.25. The smallest absolute Gasteiger partial charge is 0.209 e. The monoisotopic (exact) mass is 241 g/mol. The van der Waals surface area contributed by atoms with Crippen molar-refractivity contribution in [3.05, 3.63) is 58.9 Å². The molecule has 1 atom stereocenters. The Morgan fingerprint density at radius 1 is 1.33 bits per heavy atom. The number of hydrogen-bond acceptors (Lipinski definition) is 2. The van der Waals surface area contributed by atoms with Crippen LogP contribution in [0.4, 0.5) is 0 Å². The summed E-state index contributed by atoms with van der Waals surface area (Å²) in [6, 6.07) is 11.3. The molecule has 92 valence electrons. The number of rotatable bonds is 2. The Morgan fingerprint density at radius 2 is 2.17 bits per heavy atom. The molecule has 1 aliphatic heterocycles. The van der Waals surface area contributed by atoms with E-state index < -0.39 is 6.10 Å². The molecule has 0 amide bonds. The van der Waals surface area contributed by atoms with Gasteiger partial charge < -0.3 is 9.67 Å². The van der Waals surface area contributed by atoms with Gasteiger partial charge in [0.2, 0.25) is 5.78 Å². The van der Waals surface area contributed by atoms with Gasteiger partial charge in [-0.3, -0.25) is 4.79 Å². The van der Waals surface area contributed by atoms with Crippen molar-refractivity contribution >= 4 is 5.78 Å². The second-order valence-corrected chi connectivity index (χ2v) is 4.80. The third-order valence-electron chi connectivity index (χ3n) is 3.49. The van der Waals surface area contributed by atoms with E-state index >= 15 is 0 Å². The van der Waals surface area contributed by atoms with Crippen LogP contribution in [0.3, 0.4) is 0 Å². The Morgan fingerprint density at radius 3 is 2.94 bits per heavy atom. The second kappa shape index (κ2) is 4.10. The van der Waals surface area contributed by atoms with Gasteiger partial charge in [0.1, 0.15) is 0 Å². The van der Waals surface area contributed by atoms with Gasteiger partial charge in [-0.05, 0) is 31.5 Å². The van der Waals surface area contributed by atoms with Crippen LogP contribution in [-0.4, -0.2) is 15.5 Å². The Bertz CT molecular complexity index is 613. The minimum Gasteiger partial charge on any atom is -0.387 e. The fourth-order valence-electron chi connectivity index (χ4n) is 2.56. The molecule has 1 aromatic carbocycles. The molecule has 0 spiro atoms. The number of nitrogens with zero attached hydrogens (tertiary/aromatic N) is 1. The molecular formula is C15H15NO2. The summed E-state index contributed by atoms with van der Waals surface area (Å²) >= 11 is 0. The molecule has 3 nitrogen and oxygen atoms in total. The molecule has 2 heterocycles. The number of ketones is 1. The van der Waals surface area contributed by atoms with Gasteiger partial charge in [-0.1, -0.05) is 23.8 Å². The number of carbonyl (C=O) groups is 1. The largest absolute Gasteiger partial charge is 0.387 e. The third-order valence-corrected chi connectivity index (χ3v) is 3.49. The predicted octanol–water partition coefficient (Wildman–Crippen LogP) is 2.46. The fraction of sp³-hybridized carbons (Fsp3) is 0.267. The minimum absolute atomic E-state index is 0.0269. The van der Waals surface area contributed by atoms with Gasteiger partial charge in [0, 0.05) is 17.8 Å². The maximum absolute atomic E-state index is 12.4. The minimum atomic E-state index is -0.427. The lowest BCUT2D eigenvalue weighted by Crippen LogP contribution is -2.09. The molecule has 0 radical (unpaired) electrons. The molecule has 0 fully saturated rings. The third kappa shape index (κ3) is 1.68. The molecule has 1 aliphatic rings. The van der Waals surface area contributed by atoms with Crippen molar-refractivity contribution in [1.82, 2.24) is 4.57 Å². The molecule has 3 heteroatoms. The lowest BCUT2D eigenvalue weighted by atomic mass is 10.1. The number of carbonyl (C=O) groups excluding carboxylic acids is 1. The number of aliphatic hydroxyl groups is 1. The van der Waals surface area contributed by atoms with Crippen molar-refractivity contribution < 1.29 is 9.90 Å². The Hall–Kier alpha value is -1.87. The average Bonchev–Trinajstić information content (AvgIpc) is 2.92. The Kier molecular flexibility index (Phi) is 2.56. The molecule has 0 saturated carbocycles. The van der Waals surface area contributed by atoms with Crippen molar-refractivity contribution in [3.63, 3.8) is 0 Å². The molecule has 0 bridgehead atoms. The highest BCUT2D eigenvalue weighted by atomic mass is 16.3. The second-order valence-electron chi connectivity index (χ2n) is 4.80. The molecule has 2 aromatic rings. The van der Waals surface area contributed by atoms with Crippen LogP contribution in [0.1, 0.15) is 39.8 Å². The van der Waals surface area contributed by atoms with Gasteiger partial charge in [-0.15, -0.1) is 0 Å². The summed E-state index contributed by atoms with van der Waals surface area (Å²) in [5, 5.41) is 9.76. The number of fused-ring (bicyclic) bond motifs is 1. The van der Waals surface area contributed by atoms with Crippen molar-refractivity contribution in [2.45, 2.75) is 26.0 Å². The number of aliphatic hydroxyl groups excluding tert-OH is 1. The average molecular weight is 241 g/mol. The standard InChI is InChI=1S/C15H15NO2/c1-10-3-2-4-11(9-10)15(18)13-6-5-12-14(17)7-8-16(12)13/h2-6,9,14,17H,7-8H2,1H3. The summed E-state index contributed by atoms with van der Waals surface area (Å²) in [7, 11) is 0. The van der Waals surface area contributed by atoms with E-state index in [0.717, 1.165) is 17.8 Å². The van der Waals surface area contributed by atoms with Gasteiger partial charge in [0.15, 0.2) is 0 Å². The topological polar surface area (TPSA) is 42.2 Å². The summed E-state index contributed by atoms with van der Waals surface area (Å²) in [4.78, 5) is 12.4. The summed E-state index contributed by atoms with van der Waals surface area (Å²) in [5.41, 5.74) is 3.31. The van der Waals surface area contributed by atoms with E-state index in [1.807, 2.05) is 47.9 Å². The summed E-state index contributed by atoms with van der Waals surface area (Å²) < 4.78 is 1.93. The lowest BCUT2D eigenvalue weighted by Gasteiger charge is -2.06. The zero-order valence-electron chi connectivity index (χ0n) is 10.3. The normalized spacial score (nSPS) is 17.8. The SMILES string of the molecule is Cc1cccc(C(=O)c2ccc3n2CCC3O)c1. The van der Waals surface area contributed by atoms with E-state index in [2.05, 4.69) is 0 Å². The van der Waals surface area contributed by atoms with E-state index in [-0.39, 0.29) is 5.78 Å². The predicted molar refractivity (Wildman–Crippen MR) is 68.6 cm³/mol. The van der Waals surface area contributed by atoms with Gasteiger partial charge in [0.05, 0.1) is 11.8 Å². The quantitative estimate of drug-likeness (QED) is 0.821. The first-order valence-electron chi connectivity index (χ1n) is 6.15. The van der Waals surface area contributed by atoms with Crippen molar-refractivity contribution in [3.8, 4) is 0 Å². The van der Waals surface area contributed by atoms with Gasteiger partial charge in [0.25, 0.3) is 0 Å². The fourth-order valence-corrected chi connectivity index (χ4v) is 2.56. The van der Waals surface area contributed by atoms with Crippen LogP contribution >= 0.6 is 0 Å². The molecule has 3 rings (SSSR count). The zero-order valence-corrected chi connectivity index (χ0v) is 10.3. The molecule has 0 saturated heterocycles. The highest BCUT2D eigenvalue weighted by Crippen LogP contribution is 2.29. The summed E-state index contributed by atoms with van der Waals surface area (Å²) in [6.07, 6.45) is 0.272. The van der Waals surface area contributed by atoms with Gasteiger partial charge in [-0.25, -0.2) is 0 Å². The van der Waals surface area contributed by atoms with Crippen LogP contribution in [0.15, 0.2) is 36.4 Å². The van der Waals surface area contributed by atoms with Crippen molar-refractivity contribution in [2.24, 2.45) is 0 Å². The summed E-state index contributed by atoms with van der Waals surface area (Å²) in [6.45, 7) is 2.69. The molecule has 1 aromatic heterocycles. The first-order valence-corrected chi connectivity index (χ1v) is 6.15. The lowest BCUT2D eigenvalue weighted by molar-refractivity contribution is 0.103. The van der Waals surface area contributed by atoms with Gasteiger partial charge in [-0.2, -0.15) is 0 Å². The Labute approximate surface area is 106 Å². The van der Waals surface area contributed by atoms with Crippen LogP contribution in [0.2, 0.25) is 0 Å². The zero-order chi connectivity index (χ0) is 12.7. The first-order chi connectivity index (χ1) is 8.66. The van der Waals surface area contributed by atoms with Crippen LogP contribution in [0.25, 0.3) is 0 Å². The van der Waals surface area contributed by atoms with Crippen LogP contribution in [0.5, 0.6) is 0 Å². The molecule has 1 N–H and O–H groups in total. The van der Waals surface area contributed by atoms with Crippen LogP contribution < -0.4 is 0 Å².